The molecule has 0 amide bonds. The van der Waals surface area contributed by atoms with Crippen molar-refractivity contribution < 1.29 is 0 Å². The molecule has 1 aliphatic rings. The lowest BCUT2D eigenvalue weighted by Crippen LogP contribution is -2.31. The molecule has 2 rings (SSSR count). The van der Waals surface area contributed by atoms with Gasteiger partial charge in [0.25, 0.3) is 0 Å². The molecule has 0 fully saturated rings. The van der Waals surface area contributed by atoms with Crippen LogP contribution in [-0.4, -0.2) is 34.5 Å². The normalized spacial score (nSPS) is 16.0. The Kier molecular flexibility index (Phi) is 4.88. The second kappa shape index (κ2) is 6.42. The number of thioether (sulfide) groups is 1. The molecule has 1 aromatic heterocycles. The van der Waals surface area contributed by atoms with Gasteiger partial charge in [-0.15, -0.1) is 17.9 Å². The molecule has 0 saturated heterocycles. The van der Waals surface area contributed by atoms with Crippen molar-refractivity contribution in [2.75, 3.05) is 24.6 Å². The third-order valence-electron chi connectivity index (χ3n) is 2.70. The van der Waals surface area contributed by atoms with Crippen LogP contribution in [0.2, 0.25) is 0 Å². The van der Waals surface area contributed by atoms with Crippen molar-refractivity contribution in [3.8, 4) is 0 Å². The molecule has 0 saturated carbocycles. The highest BCUT2D eigenvalue weighted by molar-refractivity contribution is 7.99. The fraction of sp³-hybridized carbons (Fsp3) is 0.583. The lowest BCUT2D eigenvalue weighted by atomic mass is 10.2. The second-order valence-corrected chi connectivity index (χ2v) is 5.95. The molecule has 2 heterocycles. The van der Waals surface area contributed by atoms with E-state index < -0.39 is 0 Å². The van der Waals surface area contributed by atoms with Crippen LogP contribution >= 0.6 is 23.1 Å². The van der Waals surface area contributed by atoms with Gasteiger partial charge in [0.05, 0.1) is 5.69 Å². The van der Waals surface area contributed by atoms with E-state index in [0.29, 0.717) is 0 Å². The minimum atomic E-state index is 1.08. The first kappa shape index (κ1) is 12.1. The first-order chi connectivity index (χ1) is 7.90. The van der Waals surface area contributed by atoms with E-state index in [-0.39, 0.29) is 0 Å². The van der Waals surface area contributed by atoms with Crippen LogP contribution in [0.15, 0.2) is 12.7 Å². The van der Waals surface area contributed by atoms with Gasteiger partial charge in [0.15, 0.2) is 5.51 Å². The SMILES string of the molecule is C=CCSCCCN1CCc2n[c]sc2C1. The summed E-state index contributed by atoms with van der Waals surface area (Å²) < 4.78 is 0. The molecule has 16 heavy (non-hydrogen) atoms. The monoisotopic (exact) mass is 253 g/mol. The minimum Gasteiger partial charge on any atom is -0.298 e. The number of aromatic nitrogens is 1. The molecule has 1 aliphatic heterocycles. The van der Waals surface area contributed by atoms with Crippen molar-refractivity contribution in [3.63, 3.8) is 0 Å². The van der Waals surface area contributed by atoms with Crippen LogP contribution in [0.5, 0.6) is 0 Å². The molecule has 1 aromatic rings. The standard InChI is InChI=1S/C12H17N2S2/c1-2-7-15-8-3-5-14-6-4-11-12(9-14)16-10-13-11/h2H,1,3-9H2. The summed E-state index contributed by atoms with van der Waals surface area (Å²) in [6, 6.07) is 0. The van der Waals surface area contributed by atoms with Crippen molar-refractivity contribution >= 4 is 23.1 Å². The van der Waals surface area contributed by atoms with Gasteiger partial charge in [-0.1, -0.05) is 6.08 Å². The van der Waals surface area contributed by atoms with Crippen LogP contribution in [0.4, 0.5) is 0 Å². The van der Waals surface area contributed by atoms with E-state index in [2.05, 4.69) is 22.0 Å². The Morgan fingerprint density at radius 1 is 1.62 bits per heavy atom. The van der Waals surface area contributed by atoms with E-state index in [1.807, 2.05) is 17.8 Å². The zero-order valence-corrected chi connectivity index (χ0v) is 11.1. The van der Waals surface area contributed by atoms with Crippen LogP contribution in [0, 0.1) is 5.51 Å². The molecular weight excluding hydrogens is 236 g/mol. The molecule has 0 aliphatic carbocycles. The highest BCUT2D eigenvalue weighted by Gasteiger charge is 2.17. The molecule has 0 spiro atoms. The maximum absolute atomic E-state index is 4.26. The Labute approximate surface area is 106 Å². The van der Waals surface area contributed by atoms with Gasteiger partial charge in [-0.25, -0.2) is 4.98 Å². The van der Waals surface area contributed by atoms with Crippen LogP contribution in [0.1, 0.15) is 17.0 Å². The van der Waals surface area contributed by atoms with E-state index in [1.54, 1.807) is 11.3 Å². The summed E-state index contributed by atoms with van der Waals surface area (Å²) in [4.78, 5) is 8.22. The third-order valence-corrected chi connectivity index (χ3v) is 4.54. The Morgan fingerprint density at radius 3 is 3.44 bits per heavy atom. The van der Waals surface area contributed by atoms with Gasteiger partial charge in [-0.05, 0) is 18.7 Å². The Bertz CT molecular complexity index is 336. The largest absolute Gasteiger partial charge is 0.298 e. The van der Waals surface area contributed by atoms with Crippen molar-refractivity contribution in [1.29, 1.82) is 0 Å². The number of fused-ring (bicyclic) bond motifs is 1. The number of hydrogen-bond acceptors (Lipinski definition) is 4. The number of nitrogens with zero attached hydrogens (tertiary/aromatic N) is 2. The highest BCUT2D eigenvalue weighted by atomic mass is 32.2. The highest BCUT2D eigenvalue weighted by Crippen LogP contribution is 2.21. The number of rotatable bonds is 6. The average molecular weight is 253 g/mol. The van der Waals surface area contributed by atoms with E-state index in [0.717, 1.165) is 25.3 Å². The summed E-state index contributed by atoms with van der Waals surface area (Å²) in [5.74, 6) is 2.32. The average Bonchev–Trinajstić information content (AvgIpc) is 2.76. The zero-order valence-electron chi connectivity index (χ0n) is 9.45. The van der Waals surface area contributed by atoms with Gasteiger partial charge >= 0.3 is 0 Å². The molecule has 0 aromatic carbocycles. The third kappa shape index (κ3) is 3.34. The van der Waals surface area contributed by atoms with Crippen LogP contribution < -0.4 is 0 Å². The van der Waals surface area contributed by atoms with Gasteiger partial charge in [-0.3, -0.25) is 4.90 Å². The summed E-state index contributed by atoms with van der Waals surface area (Å²) in [6.45, 7) is 7.19. The van der Waals surface area contributed by atoms with Crippen molar-refractivity contribution in [2.24, 2.45) is 0 Å². The van der Waals surface area contributed by atoms with Gasteiger partial charge in [0.1, 0.15) is 0 Å². The van der Waals surface area contributed by atoms with Gasteiger partial charge in [-0.2, -0.15) is 11.8 Å². The topological polar surface area (TPSA) is 16.1 Å². The molecular formula is C12H17N2S2. The van der Waals surface area contributed by atoms with E-state index >= 15 is 0 Å². The molecule has 87 valence electrons. The fourth-order valence-corrected chi connectivity index (χ4v) is 3.31. The smallest absolute Gasteiger partial charge is 0.152 e. The summed E-state index contributed by atoms with van der Waals surface area (Å²) in [5, 5.41) is 0. The zero-order chi connectivity index (χ0) is 11.2. The summed E-state index contributed by atoms with van der Waals surface area (Å²) >= 11 is 3.65. The lowest BCUT2D eigenvalue weighted by molar-refractivity contribution is 0.257. The summed E-state index contributed by atoms with van der Waals surface area (Å²) in [5.41, 5.74) is 4.27. The predicted octanol–water partition coefficient (Wildman–Crippen LogP) is 2.61. The maximum Gasteiger partial charge on any atom is 0.152 e. The molecule has 0 bridgehead atoms. The molecule has 1 radical (unpaired) electrons. The number of thiazole rings is 1. The Balaban J connectivity index is 1.67. The first-order valence-electron chi connectivity index (χ1n) is 5.66. The predicted molar refractivity (Wildman–Crippen MR) is 72.1 cm³/mol. The fourth-order valence-electron chi connectivity index (χ4n) is 1.87. The van der Waals surface area contributed by atoms with E-state index in [9.17, 15) is 0 Å². The van der Waals surface area contributed by atoms with E-state index in [4.69, 9.17) is 0 Å². The van der Waals surface area contributed by atoms with Crippen molar-refractivity contribution in [3.05, 3.63) is 28.7 Å². The van der Waals surface area contributed by atoms with Crippen LogP contribution in [0.3, 0.4) is 0 Å². The Hall–Kier alpha value is -0.320. The van der Waals surface area contributed by atoms with Crippen molar-refractivity contribution in [1.82, 2.24) is 9.88 Å². The van der Waals surface area contributed by atoms with Gasteiger partial charge < -0.3 is 0 Å². The van der Waals surface area contributed by atoms with E-state index in [1.165, 1.54) is 29.3 Å². The van der Waals surface area contributed by atoms with Crippen LogP contribution in [-0.2, 0) is 13.0 Å². The molecule has 2 nitrogen and oxygen atoms in total. The lowest BCUT2D eigenvalue weighted by Gasteiger charge is -2.25. The Morgan fingerprint density at radius 2 is 2.56 bits per heavy atom. The molecule has 0 N–H and O–H groups in total. The summed E-state index contributed by atoms with van der Waals surface area (Å²) in [6.07, 6.45) is 4.36. The van der Waals surface area contributed by atoms with Crippen LogP contribution in [0.25, 0.3) is 0 Å². The molecule has 0 atom stereocenters. The quantitative estimate of drug-likeness (QED) is 0.573. The molecule has 4 heteroatoms. The second-order valence-electron chi connectivity index (χ2n) is 3.92. The van der Waals surface area contributed by atoms with Crippen molar-refractivity contribution in [2.45, 2.75) is 19.4 Å². The number of hydrogen-bond donors (Lipinski definition) is 0. The maximum atomic E-state index is 4.26. The van der Waals surface area contributed by atoms with Gasteiger partial charge in [0, 0.05) is 30.1 Å². The first-order valence-corrected chi connectivity index (χ1v) is 7.63. The van der Waals surface area contributed by atoms with Gasteiger partial charge in [0.2, 0.25) is 0 Å². The molecule has 0 unspecified atom stereocenters. The summed E-state index contributed by atoms with van der Waals surface area (Å²) in [7, 11) is 0. The minimum absolute atomic E-state index is 1.08.